The molecule has 3 heterocycles. The lowest BCUT2D eigenvalue weighted by atomic mass is 10.2. The summed E-state index contributed by atoms with van der Waals surface area (Å²) in [6, 6.07) is 7.77. The Labute approximate surface area is 183 Å². The van der Waals surface area contributed by atoms with Crippen molar-refractivity contribution in [2.45, 2.75) is 38.1 Å². The zero-order valence-corrected chi connectivity index (χ0v) is 18.0. The van der Waals surface area contributed by atoms with E-state index in [2.05, 4.69) is 15.2 Å². The lowest BCUT2D eigenvalue weighted by Gasteiger charge is -2.30. The van der Waals surface area contributed by atoms with Gasteiger partial charge >= 0.3 is 5.97 Å². The Morgan fingerprint density at radius 3 is 2.84 bits per heavy atom. The molecular weight excluding hydrogens is 414 g/mol. The number of aromatic carboxylic acids is 1. The number of nitrogens with one attached hydrogen (secondary N) is 1. The summed E-state index contributed by atoms with van der Waals surface area (Å²) in [4.78, 5) is 37.2. The van der Waals surface area contributed by atoms with Crippen molar-refractivity contribution in [3.8, 4) is 0 Å². The number of amides is 1. The smallest absolute Gasteiger partial charge is 0.345 e. The Morgan fingerprint density at radius 2 is 2.06 bits per heavy atom. The highest BCUT2D eigenvalue weighted by Gasteiger charge is 2.31. The summed E-state index contributed by atoms with van der Waals surface area (Å²) >= 11 is 1.25. The molecule has 1 aromatic carbocycles. The van der Waals surface area contributed by atoms with Crippen LogP contribution in [-0.4, -0.2) is 46.6 Å². The summed E-state index contributed by atoms with van der Waals surface area (Å²) in [6.07, 6.45) is 6.81. The molecule has 160 valence electrons. The van der Waals surface area contributed by atoms with Gasteiger partial charge in [-0.15, -0.1) is 11.3 Å². The fourth-order valence-electron chi connectivity index (χ4n) is 4.43. The fraction of sp³-hybridized carbons (Fsp3) is 0.364. The molecule has 0 unspecified atom stereocenters. The topological polar surface area (TPSA) is 98.7 Å². The molecule has 2 aliphatic rings. The average Bonchev–Trinajstić information content (AvgIpc) is 3.41. The second-order valence-corrected chi connectivity index (χ2v) is 9.11. The lowest BCUT2D eigenvalue weighted by molar-refractivity contribution is -0.118. The van der Waals surface area contributed by atoms with E-state index in [9.17, 15) is 14.7 Å². The second kappa shape index (κ2) is 7.81. The van der Waals surface area contributed by atoms with Gasteiger partial charge in [0.25, 0.3) is 0 Å². The van der Waals surface area contributed by atoms with Gasteiger partial charge in [0.15, 0.2) is 5.82 Å². The third kappa shape index (κ3) is 3.69. The molecule has 1 saturated carbocycles. The van der Waals surface area contributed by atoms with Crippen LogP contribution >= 0.6 is 11.3 Å². The minimum absolute atomic E-state index is 0.0724. The molecule has 0 saturated heterocycles. The van der Waals surface area contributed by atoms with Crippen LogP contribution < -0.4 is 15.1 Å². The molecule has 0 bridgehead atoms. The van der Waals surface area contributed by atoms with Crippen LogP contribution in [0.4, 0.5) is 23.1 Å². The van der Waals surface area contributed by atoms with Crippen molar-refractivity contribution >= 4 is 56.4 Å². The maximum absolute atomic E-state index is 12.5. The van der Waals surface area contributed by atoms with Gasteiger partial charge in [-0.05, 0) is 42.5 Å². The molecular formula is C22H23N5O3S. The Morgan fingerprint density at radius 1 is 1.26 bits per heavy atom. The van der Waals surface area contributed by atoms with Crippen LogP contribution in [-0.2, 0) is 4.79 Å². The van der Waals surface area contributed by atoms with Crippen LogP contribution in [0.1, 0.15) is 41.8 Å². The van der Waals surface area contributed by atoms with E-state index in [1.807, 2.05) is 18.2 Å². The van der Waals surface area contributed by atoms with Crippen molar-refractivity contribution < 1.29 is 14.7 Å². The molecule has 1 fully saturated rings. The van der Waals surface area contributed by atoms with Crippen LogP contribution in [0.25, 0.3) is 10.1 Å². The Balaban J connectivity index is 1.48. The second-order valence-electron chi connectivity index (χ2n) is 8.03. The summed E-state index contributed by atoms with van der Waals surface area (Å²) in [5, 5.41) is 13.3. The molecule has 0 atom stereocenters. The first-order valence-electron chi connectivity index (χ1n) is 10.4. The molecule has 2 N–H and O–H groups in total. The van der Waals surface area contributed by atoms with Crippen LogP contribution in [0.3, 0.4) is 0 Å². The van der Waals surface area contributed by atoms with Gasteiger partial charge in [0, 0.05) is 36.4 Å². The highest BCUT2D eigenvalue weighted by atomic mass is 32.1. The Bertz CT molecular complexity index is 1170. The van der Waals surface area contributed by atoms with Crippen LogP contribution in [0.2, 0.25) is 0 Å². The number of carbonyl (C=O) groups excluding carboxylic acids is 1. The monoisotopic (exact) mass is 437 g/mol. The molecule has 5 rings (SSSR count). The zero-order chi connectivity index (χ0) is 21.5. The van der Waals surface area contributed by atoms with Crippen molar-refractivity contribution in [1.82, 2.24) is 9.97 Å². The summed E-state index contributed by atoms with van der Waals surface area (Å²) in [7, 11) is 1.78. The predicted octanol–water partition coefficient (Wildman–Crippen LogP) is 4.25. The largest absolute Gasteiger partial charge is 0.477 e. The molecule has 1 amide bonds. The summed E-state index contributed by atoms with van der Waals surface area (Å²) in [5.74, 6) is 0.402. The first-order valence-corrected chi connectivity index (χ1v) is 11.3. The van der Waals surface area contributed by atoms with E-state index in [1.165, 1.54) is 24.2 Å². The van der Waals surface area contributed by atoms with Crippen LogP contribution in [0, 0.1) is 0 Å². The number of anilines is 4. The minimum Gasteiger partial charge on any atom is -0.477 e. The number of carboxylic acids is 1. The van der Waals surface area contributed by atoms with Gasteiger partial charge in [0.1, 0.15) is 10.6 Å². The highest BCUT2D eigenvalue weighted by molar-refractivity contribution is 7.20. The molecule has 8 nitrogen and oxygen atoms in total. The number of carbonyl (C=O) groups is 2. The summed E-state index contributed by atoms with van der Waals surface area (Å²) in [5.41, 5.74) is 1.52. The number of rotatable bonds is 4. The SMILES string of the molecule is CN1C(=O)CCN(C2CCCC2)c2nc(Nc3ccc4sc(C(=O)O)cc4c3)ncc21. The van der Waals surface area contributed by atoms with E-state index in [0.717, 1.165) is 40.1 Å². The van der Waals surface area contributed by atoms with E-state index in [1.54, 1.807) is 24.2 Å². The number of nitrogens with zero attached hydrogens (tertiary/aromatic N) is 4. The van der Waals surface area contributed by atoms with Crippen molar-refractivity contribution in [2.24, 2.45) is 0 Å². The molecule has 3 aromatic rings. The Hall–Kier alpha value is -3.20. The lowest BCUT2D eigenvalue weighted by Crippen LogP contribution is -2.34. The van der Waals surface area contributed by atoms with E-state index in [0.29, 0.717) is 29.8 Å². The van der Waals surface area contributed by atoms with Gasteiger partial charge < -0.3 is 20.2 Å². The summed E-state index contributed by atoms with van der Waals surface area (Å²) < 4.78 is 0.915. The maximum atomic E-state index is 12.5. The predicted molar refractivity (Wildman–Crippen MR) is 122 cm³/mol. The number of thiophene rings is 1. The standard InChI is InChI=1S/C22H23N5O3S/c1-26-16-12-23-22(24-14-6-7-17-13(10-14)11-18(31-17)21(29)30)25-20(16)27(9-8-19(26)28)15-4-2-3-5-15/h6-7,10-12,15H,2-5,8-9H2,1H3,(H,29,30)(H,23,24,25). The van der Waals surface area contributed by atoms with Gasteiger partial charge in [-0.2, -0.15) is 4.98 Å². The third-order valence-corrected chi connectivity index (χ3v) is 7.18. The fourth-order valence-corrected chi connectivity index (χ4v) is 5.31. The highest BCUT2D eigenvalue weighted by Crippen LogP contribution is 2.36. The molecule has 1 aliphatic heterocycles. The number of aromatic nitrogens is 2. The van der Waals surface area contributed by atoms with Crippen LogP contribution in [0.5, 0.6) is 0 Å². The number of hydrogen-bond acceptors (Lipinski definition) is 7. The number of fused-ring (bicyclic) bond motifs is 2. The number of carboxylic acid groups (broad SMARTS) is 1. The quantitative estimate of drug-likeness (QED) is 0.630. The van der Waals surface area contributed by atoms with E-state index < -0.39 is 5.97 Å². The van der Waals surface area contributed by atoms with Gasteiger partial charge in [-0.25, -0.2) is 9.78 Å². The van der Waals surface area contributed by atoms with Gasteiger partial charge in [-0.1, -0.05) is 12.8 Å². The molecule has 0 spiro atoms. The van der Waals surface area contributed by atoms with Gasteiger partial charge in [0.05, 0.1) is 6.20 Å². The van der Waals surface area contributed by atoms with Crippen molar-refractivity contribution in [3.05, 3.63) is 35.3 Å². The molecule has 9 heteroatoms. The van der Waals surface area contributed by atoms with E-state index in [4.69, 9.17) is 4.98 Å². The first-order chi connectivity index (χ1) is 15.0. The molecule has 0 radical (unpaired) electrons. The number of hydrogen-bond donors (Lipinski definition) is 2. The van der Waals surface area contributed by atoms with Crippen molar-refractivity contribution in [3.63, 3.8) is 0 Å². The van der Waals surface area contributed by atoms with Crippen molar-refractivity contribution in [2.75, 3.05) is 28.7 Å². The molecule has 31 heavy (non-hydrogen) atoms. The van der Waals surface area contributed by atoms with Crippen molar-refractivity contribution in [1.29, 1.82) is 0 Å². The zero-order valence-electron chi connectivity index (χ0n) is 17.2. The first kappa shape index (κ1) is 19.7. The average molecular weight is 438 g/mol. The minimum atomic E-state index is -0.921. The molecule has 2 aromatic heterocycles. The normalized spacial score (nSPS) is 17.1. The maximum Gasteiger partial charge on any atom is 0.345 e. The third-order valence-electron chi connectivity index (χ3n) is 6.07. The number of benzene rings is 1. The summed E-state index contributed by atoms with van der Waals surface area (Å²) in [6.45, 7) is 0.663. The van der Waals surface area contributed by atoms with Gasteiger partial charge in [-0.3, -0.25) is 4.79 Å². The van der Waals surface area contributed by atoms with Crippen LogP contribution in [0.15, 0.2) is 30.5 Å². The van der Waals surface area contributed by atoms with E-state index in [-0.39, 0.29) is 5.91 Å². The Kier molecular flexibility index (Phi) is 4.97. The van der Waals surface area contributed by atoms with Gasteiger partial charge in [0.2, 0.25) is 11.9 Å². The van der Waals surface area contributed by atoms with E-state index >= 15 is 0 Å². The molecule has 1 aliphatic carbocycles.